The average molecular weight is 310 g/mol. The minimum absolute atomic E-state index is 0.113. The van der Waals surface area contributed by atoms with Crippen molar-refractivity contribution in [2.75, 3.05) is 0 Å². The first kappa shape index (κ1) is 16.6. The molecule has 0 bridgehead atoms. The fraction of sp³-hybridized carbons (Fsp3) is 0.667. The van der Waals surface area contributed by atoms with Gasteiger partial charge in [-0.15, -0.1) is 0 Å². The van der Waals surface area contributed by atoms with Crippen LogP contribution in [0.15, 0.2) is 18.2 Å². The largest absolute Gasteiger partial charge is 0.489 e. The molecule has 0 amide bonds. The van der Waals surface area contributed by atoms with E-state index in [-0.39, 0.29) is 5.54 Å². The van der Waals surface area contributed by atoms with E-state index in [1.807, 2.05) is 12.1 Å². The third-order valence-electron chi connectivity index (χ3n) is 3.91. The van der Waals surface area contributed by atoms with Crippen molar-refractivity contribution in [1.82, 2.24) is 5.32 Å². The smallest absolute Gasteiger partial charge is 0.138 e. The van der Waals surface area contributed by atoms with Crippen LogP contribution in [0.3, 0.4) is 0 Å². The number of halogens is 1. The highest BCUT2D eigenvalue weighted by atomic mass is 35.5. The summed E-state index contributed by atoms with van der Waals surface area (Å²) < 4.78 is 6.11. The maximum Gasteiger partial charge on any atom is 0.138 e. The highest BCUT2D eigenvalue weighted by Gasteiger charge is 2.15. The van der Waals surface area contributed by atoms with Crippen LogP contribution in [0.4, 0.5) is 0 Å². The molecule has 1 aliphatic rings. The van der Waals surface area contributed by atoms with Crippen molar-refractivity contribution < 1.29 is 4.74 Å². The van der Waals surface area contributed by atoms with Gasteiger partial charge < -0.3 is 10.1 Å². The Morgan fingerprint density at radius 3 is 2.38 bits per heavy atom. The SMILES string of the molecule is CC(C)(C)NCc1ccc(OC2CCCCCC2)c(Cl)c1. The topological polar surface area (TPSA) is 21.3 Å². The van der Waals surface area contributed by atoms with Crippen LogP contribution in [-0.4, -0.2) is 11.6 Å². The lowest BCUT2D eigenvalue weighted by atomic mass is 10.1. The monoisotopic (exact) mass is 309 g/mol. The predicted octanol–water partition coefficient (Wildman–Crippen LogP) is 5.33. The summed E-state index contributed by atoms with van der Waals surface area (Å²) in [6.07, 6.45) is 7.87. The Balaban J connectivity index is 1.95. The van der Waals surface area contributed by atoms with Crippen LogP contribution in [0.5, 0.6) is 5.75 Å². The highest BCUT2D eigenvalue weighted by Crippen LogP contribution is 2.29. The lowest BCUT2D eigenvalue weighted by molar-refractivity contribution is 0.184. The van der Waals surface area contributed by atoms with Crippen molar-refractivity contribution in [3.8, 4) is 5.75 Å². The summed E-state index contributed by atoms with van der Waals surface area (Å²) >= 11 is 6.39. The van der Waals surface area contributed by atoms with Gasteiger partial charge in [-0.25, -0.2) is 0 Å². The molecule has 1 N–H and O–H groups in total. The average Bonchev–Trinajstić information content (AvgIpc) is 2.67. The molecule has 3 heteroatoms. The Kier molecular flexibility index (Phi) is 5.95. The second-order valence-corrected chi connectivity index (χ2v) is 7.51. The summed E-state index contributed by atoms with van der Waals surface area (Å²) in [6, 6.07) is 6.15. The van der Waals surface area contributed by atoms with E-state index < -0.39 is 0 Å². The molecule has 1 fully saturated rings. The number of hydrogen-bond donors (Lipinski definition) is 1. The Labute approximate surface area is 134 Å². The van der Waals surface area contributed by atoms with Gasteiger partial charge in [0.25, 0.3) is 0 Å². The van der Waals surface area contributed by atoms with E-state index in [1.165, 1.54) is 31.2 Å². The lowest BCUT2D eigenvalue weighted by Crippen LogP contribution is -2.35. The molecule has 21 heavy (non-hydrogen) atoms. The van der Waals surface area contributed by atoms with Crippen LogP contribution < -0.4 is 10.1 Å². The maximum absolute atomic E-state index is 6.39. The molecule has 118 valence electrons. The van der Waals surface area contributed by atoms with E-state index in [4.69, 9.17) is 16.3 Å². The summed E-state index contributed by atoms with van der Waals surface area (Å²) in [4.78, 5) is 0. The molecule has 0 aliphatic heterocycles. The Morgan fingerprint density at radius 2 is 1.81 bits per heavy atom. The maximum atomic E-state index is 6.39. The number of rotatable bonds is 4. The standard InChI is InChI=1S/C18H28ClNO/c1-18(2,3)20-13-14-10-11-17(16(19)12-14)21-15-8-6-4-5-7-9-15/h10-12,15,20H,4-9,13H2,1-3H3. The third-order valence-corrected chi connectivity index (χ3v) is 4.21. The molecule has 1 saturated carbocycles. The Bertz CT molecular complexity index is 445. The highest BCUT2D eigenvalue weighted by molar-refractivity contribution is 6.32. The van der Waals surface area contributed by atoms with Gasteiger partial charge >= 0.3 is 0 Å². The molecule has 0 spiro atoms. The molecule has 0 heterocycles. The normalized spacial score (nSPS) is 17.5. The molecular weight excluding hydrogens is 282 g/mol. The summed E-state index contributed by atoms with van der Waals surface area (Å²) in [5.41, 5.74) is 1.31. The van der Waals surface area contributed by atoms with Crippen LogP contribution in [0.25, 0.3) is 0 Å². The van der Waals surface area contributed by atoms with Gasteiger partial charge in [-0.2, -0.15) is 0 Å². The van der Waals surface area contributed by atoms with E-state index >= 15 is 0 Å². The number of benzene rings is 1. The summed E-state index contributed by atoms with van der Waals surface area (Å²) in [5, 5.41) is 4.20. The molecular formula is C18H28ClNO. The van der Waals surface area contributed by atoms with Gasteiger partial charge in [-0.05, 0) is 64.2 Å². The minimum Gasteiger partial charge on any atom is -0.489 e. The van der Waals surface area contributed by atoms with Crippen LogP contribution in [-0.2, 0) is 6.54 Å². The summed E-state index contributed by atoms with van der Waals surface area (Å²) in [6.45, 7) is 7.32. The van der Waals surface area contributed by atoms with Crippen molar-refractivity contribution in [3.63, 3.8) is 0 Å². The molecule has 1 aromatic carbocycles. The van der Waals surface area contributed by atoms with E-state index in [9.17, 15) is 0 Å². The molecule has 0 atom stereocenters. The van der Waals surface area contributed by atoms with Crippen LogP contribution >= 0.6 is 11.6 Å². The number of nitrogens with one attached hydrogen (secondary N) is 1. The van der Waals surface area contributed by atoms with Crippen molar-refractivity contribution in [2.45, 2.75) is 77.5 Å². The van der Waals surface area contributed by atoms with Gasteiger partial charge in [-0.1, -0.05) is 30.5 Å². The van der Waals surface area contributed by atoms with Gasteiger partial charge in [0.15, 0.2) is 0 Å². The predicted molar refractivity (Wildman–Crippen MR) is 90.2 cm³/mol. The second-order valence-electron chi connectivity index (χ2n) is 7.10. The zero-order chi connectivity index (χ0) is 15.3. The van der Waals surface area contributed by atoms with Crippen LogP contribution in [0.1, 0.15) is 64.9 Å². The van der Waals surface area contributed by atoms with Crippen molar-refractivity contribution in [2.24, 2.45) is 0 Å². The molecule has 1 aliphatic carbocycles. The van der Waals surface area contributed by atoms with Crippen molar-refractivity contribution in [3.05, 3.63) is 28.8 Å². The fourth-order valence-electron chi connectivity index (χ4n) is 2.66. The lowest BCUT2D eigenvalue weighted by Gasteiger charge is -2.21. The first-order valence-electron chi connectivity index (χ1n) is 8.14. The molecule has 0 aromatic heterocycles. The molecule has 2 nitrogen and oxygen atoms in total. The van der Waals surface area contributed by atoms with Gasteiger partial charge in [0.05, 0.1) is 11.1 Å². The van der Waals surface area contributed by atoms with Gasteiger partial charge in [0.1, 0.15) is 5.75 Å². The summed E-state index contributed by atoms with van der Waals surface area (Å²) in [7, 11) is 0. The van der Waals surface area contributed by atoms with Crippen LogP contribution in [0, 0.1) is 0 Å². The van der Waals surface area contributed by atoms with Gasteiger partial charge in [0.2, 0.25) is 0 Å². The van der Waals surface area contributed by atoms with Gasteiger partial charge in [-0.3, -0.25) is 0 Å². The van der Waals surface area contributed by atoms with E-state index in [1.54, 1.807) is 0 Å². The second kappa shape index (κ2) is 7.51. The number of hydrogen-bond acceptors (Lipinski definition) is 2. The zero-order valence-electron chi connectivity index (χ0n) is 13.5. The summed E-state index contributed by atoms with van der Waals surface area (Å²) in [5.74, 6) is 0.836. The third kappa shape index (κ3) is 5.88. The minimum atomic E-state index is 0.113. The Morgan fingerprint density at radius 1 is 1.14 bits per heavy atom. The van der Waals surface area contributed by atoms with E-state index in [0.717, 1.165) is 30.2 Å². The molecule has 2 rings (SSSR count). The number of ether oxygens (including phenoxy) is 1. The molecule has 0 radical (unpaired) electrons. The van der Waals surface area contributed by atoms with E-state index in [0.29, 0.717) is 6.10 Å². The Hall–Kier alpha value is -0.730. The van der Waals surface area contributed by atoms with E-state index in [2.05, 4.69) is 32.2 Å². The van der Waals surface area contributed by atoms with Crippen LogP contribution in [0.2, 0.25) is 5.02 Å². The molecule has 0 saturated heterocycles. The fourth-order valence-corrected chi connectivity index (χ4v) is 2.90. The van der Waals surface area contributed by atoms with Crippen molar-refractivity contribution >= 4 is 11.6 Å². The first-order chi connectivity index (χ1) is 9.94. The van der Waals surface area contributed by atoms with Crippen molar-refractivity contribution in [1.29, 1.82) is 0 Å². The zero-order valence-corrected chi connectivity index (χ0v) is 14.3. The first-order valence-corrected chi connectivity index (χ1v) is 8.52. The quantitative estimate of drug-likeness (QED) is 0.759. The van der Waals surface area contributed by atoms with Gasteiger partial charge in [0, 0.05) is 12.1 Å². The molecule has 0 unspecified atom stereocenters. The molecule has 1 aromatic rings.